The number of furan rings is 2. The van der Waals surface area contributed by atoms with Gasteiger partial charge in [0.25, 0.3) is 0 Å². The van der Waals surface area contributed by atoms with E-state index in [9.17, 15) is 0 Å². The van der Waals surface area contributed by atoms with Crippen LogP contribution >= 0.6 is 24.0 Å². The number of nitrogens with one attached hydrogen (secondary N) is 2. The summed E-state index contributed by atoms with van der Waals surface area (Å²) in [4.78, 5) is 4.23. The summed E-state index contributed by atoms with van der Waals surface area (Å²) < 4.78 is 16.6. The molecule has 0 spiro atoms. The van der Waals surface area contributed by atoms with Crippen LogP contribution in [0.5, 0.6) is 0 Å². The zero-order valence-corrected chi connectivity index (χ0v) is 17.8. The highest BCUT2D eigenvalue weighted by atomic mass is 127. The summed E-state index contributed by atoms with van der Waals surface area (Å²) >= 11 is 0. The van der Waals surface area contributed by atoms with Crippen LogP contribution in [0.1, 0.15) is 17.9 Å². The number of nitrogens with zero attached hydrogens (tertiary/aromatic N) is 1. The van der Waals surface area contributed by atoms with Crippen molar-refractivity contribution in [2.45, 2.75) is 19.4 Å². The molecule has 146 valence electrons. The van der Waals surface area contributed by atoms with Gasteiger partial charge in [-0.3, -0.25) is 4.99 Å². The molecule has 0 bridgehead atoms. The Morgan fingerprint density at radius 2 is 1.93 bits per heavy atom. The molecule has 0 aliphatic rings. The van der Waals surface area contributed by atoms with E-state index >= 15 is 0 Å². The molecular weight excluding hydrogens is 457 g/mol. The van der Waals surface area contributed by atoms with Crippen molar-refractivity contribution in [2.24, 2.45) is 4.99 Å². The van der Waals surface area contributed by atoms with Gasteiger partial charge in [-0.1, -0.05) is 18.2 Å². The number of para-hydroxylation sites is 1. The Hall–Kier alpha value is -2.00. The molecule has 2 heterocycles. The van der Waals surface area contributed by atoms with Crippen LogP contribution in [0.4, 0.5) is 0 Å². The van der Waals surface area contributed by atoms with E-state index < -0.39 is 0 Å². The smallest absolute Gasteiger partial charge is 0.190 e. The van der Waals surface area contributed by atoms with Gasteiger partial charge >= 0.3 is 0 Å². The molecule has 3 rings (SSSR count). The first-order chi connectivity index (χ1) is 12.8. The summed E-state index contributed by atoms with van der Waals surface area (Å²) in [5.74, 6) is 2.61. The normalized spacial score (nSPS) is 11.4. The Kier molecular flexibility index (Phi) is 9.20. The van der Waals surface area contributed by atoms with E-state index in [1.54, 1.807) is 13.3 Å². The second-order valence-electron chi connectivity index (χ2n) is 5.91. The van der Waals surface area contributed by atoms with E-state index in [-0.39, 0.29) is 24.0 Å². The Morgan fingerprint density at radius 1 is 1.07 bits per heavy atom. The van der Waals surface area contributed by atoms with Gasteiger partial charge in [-0.05, 0) is 30.7 Å². The molecule has 0 aliphatic heterocycles. The van der Waals surface area contributed by atoms with Gasteiger partial charge in [0.2, 0.25) is 0 Å². The summed E-state index contributed by atoms with van der Waals surface area (Å²) in [7, 11) is 1.77. The van der Waals surface area contributed by atoms with Crippen molar-refractivity contribution >= 4 is 40.9 Å². The first-order valence-electron chi connectivity index (χ1n) is 8.87. The van der Waals surface area contributed by atoms with E-state index in [1.807, 2.05) is 30.3 Å². The predicted octanol–water partition coefficient (Wildman–Crippen LogP) is 3.96. The lowest BCUT2D eigenvalue weighted by atomic mass is 10.2. The van der Waals surface area contributed by atoms with Gasteiger partial charge in [-0.2, -0.15) is 0 Å². The van der Waals surface area contributed by atoms with Crippen LogP contribution in [-0.2, 0) is 17.8 Å². The summed E-state index contributed by atoms with van der Waals surface area (Å²) in [5.41, 5.74) is 0.930. The van der Waals surface area contributed by atoms with Crippen LogP contribution in [-0.4, -0.2) is 32.7 Å². The minimum atomic E-state index is 0. The SMILES string of the molecule is CN=C(NCCCOCc1ccco1)NCCc1cc2ccccc2o1.I. The maximum absolute atomic E-state index is 5.82. The third-order valence-electron chi connectivity index (χ3n) is 3.95. The first-order valence-corrected chi connectivity index (χ1v) is 8.87. The molecule has 2 aromatic heterocycles. The molecule has 0 aliphatic carbocycles. The number of guanidine groups is 1. The lowest BCUT2D eigenvalue weighted by molar-refractivity contribution is 0.105. The van der Waals surface area contributed by atoms with Crippen LogP contribution in [0.3, 0.4) is 0 Å². The number of rotatable bonds is 9. The fourth-order valence-corrected chi connectivity index (χ4v) is 2.63. The number of benzene rings is 1. The minimum Gasteiger partial charge on any atom is -0.467 e. The van der Waals surface area contributed by atoms with Crippen molar-refractivity contribution in [3.63, 3.8) is 0 Å². The average Bonchev–Trinajstić information content (AvgIpc) is 3.32. The molecule has 3 aromatic rings. The van der Waals surface area contributed by atoms with Crippen molar-refractivity contribution in [3.05, 3.63) is 60.2 Å². The molecule has 6 nitrogen and oxygen atoms in total. The molecule has 0 unspecified atom stereocenters. The van der Waals surface area contributed by atoms with E-state index in [4.69, 9.17) is 13.6 Å². The highest BCUT2D eigenvalue weighted by molar-refractivity contribution is 14.0. The molecule has 0 atom stereocenters. The van der Waals surface area contributed by atoms with E-state index in [0.717, 1.165) is 54.4 Å². The molecule has 7 heteroatoms. The fourth-order valence-electron chi connectivity index (χ4n) is 2.63. The number of hydrogen-bond donors (Lipinski definition) is 2. The Labute approximate surface area is 176 Å². The third kappa shape index (κ3) is 6.91. The molecule has 0 saturated heterocycles. The molecule has 2 N–H and O–H groups in total. The summed E-state index contributed by atoms with van der Waals surface area (Å²) in [5, 5.41) is 7.72. The fraction of sp³-hybridized carbons (Fsp3) is 0.350. The van der Waals surface area contributed by atoms with Crippen molar-refractivity contribution in [2.75, 3.05) is 26.7 Å². The van der Waals surface area contributed by atoms with E-state index in [2.05, 4.69) is 27.8 Å². The summed E-state index contributed by atoms with van der Waals surface area (Å²) in [6, 6.07) is 13.9. The predicted molar refractivity (Wildman–Crippen MR) is 118 cm³/mol. The molecule has 0 radical (unpaired) electrons. The van der Waals surface area contributed by atoms with Gasteiger partial charge in [0, 0.05) is 38.6 Å². The quantitative estimate of drug-likeness (QED) is 0.209. The monoisotopic (exact) mass is 483 g/mol. The lowest BCUT2D eigenvalue weighted by Gasteiger charge is -2.11. The highest BCUT2D eigenvalue weighted by Gasteiger charge is 2.03. The first kappa shape index (κ1) is 21.3. The van der Waals surface area contributed by atoms with Crippen molar-refractivity contribution in [1.29, 1.82) is 0 Å². The minimum absolute atomic E-state index is 0. The number of halogens is 1. The van der Waals surface area contributed by atoms with Gasteiger partial charge in [0.1, 0.15) is 23.7 Å². The highest BCUT2D eigenvalue weighted by Crippen LogP contribution is 2.18. The second-order valence-corrected chi connectivity index (χ2v) is 5.91. The van der Waals surface area contributed by atoms with Crippen LogP contribution in [0, 0.1) is 0 Å². The summed E-state index contributed by atoms with van der Waals surface area (Å²) in [6.07, 6.45) is 3.36. The van der Waals surface area contributed by atoms with Gasteiger partial charge in [-0.25, -0.2) is 0 Å². The van der Waals surface area contributed by atoms with E-state index in [1.165, 1.54) is 0 Å². The van der Waals surface area contributed by atoms with Gasteiger partial charge < -0.3 is 24.2 Å². The van der Waals surface area contributed by atoms with Crippen LogP contribution in [0.25, 0.3) is 11.0 Å². The van der Waals surface area contributed by atoms with Crippen LogP contribution in [0.15, 0.2) is 62.6 Å². The van der Waals surface area contributed by atoms with Gasteiger partial charge in [0.15, 0.2) is 5.96 Å². The Bertz CT molecular complexity index is 782. The molecular formula is C20H26IN3O3. The molecule has 0 saturated carbocycles. The summed E-state index contributed by atoms with van der Waals surface area (Å²) in [6.45, 7) is 2.73. The average molecular weight is 483 g/mol. The second kappa shape index (κ2) is 11.7. The lowest BCUT2D eigenvalue weighted by Crippen LogP contribution is -2.38. The number of hydrogen-bond acceptors (Lipinski definition) is 4. The van der Waals surface area contributed by atoms with E-state index in [0.29, 0.717) is 13.2 Å². The molecule has 0 amide bonds. The number of fused-ring (bicyclic) bond motifs is 1. The van der Waals surface area contributed by atoms with Crippen LogP contribution < -0.4 is 10.6 Å². The number of ether oxygens (including phenoxy) is 1. The topological polar surface area (TPSA) is 71.9 Å². The van der Waals surface area contributed by atoms with Crippen molar-refractivity contribution in [3.8, 4) is 0 Å². The van der Waals surface area contributed by atoms with Crippen molar-refractivity contribution < 1.29 is 13.6 Å². The largest absolute Gasteiger partial charge is 0.467 e. The van der Waals surface area contributed by atoms with Crippen molar-refractivity contribution in [1.82, 2.24) is 10.6 Å². The maximum atomic E-state index is 5.82. The van der Waals surface area contributed by atoms with Gasteiger partial charge in [0.05, 0.1) is 6.26 Å². The Balaban J connectivity index is 0.00000261. The maximum Gasteiger partial charge on any atom is 0.190 e. The number of aliphatic imine (C=N–C) groups is 1. The zero-order valence-electron chi connectivity index (χ0n) is 15.4. The standard InChI is InChI=1S/C20H25N3O3.HI/c1-21-20(22-10-5-12-24-15-18-7-4-13-25-18)23-11-9-17-14-16-6-2-3-8-19(16)26-17;/h2-4,6-8,13-14H,5,9-12,15H2,1H3,(H2,21,22,23);1H. The third-order valence-corrected chi connectivity index (χ3v) is 3.95. The molecule has 0 fully saturated rings. The molecule has 1 aromatic carbocycles. The van der Waals surface area contributed by atoms with Gasteiger partial charge in [-0.15, -0.1) is 24.0 Å². The zero-order chi connectivity index (χ0) is 18.0. The Morgan fingerprint density at radius 3 is 2.70 bits per heavy atom. The van der Waals surface area contributed by atoms with Crippen LogP contribution in [0.2, 0.25) is 0 Å². The molecule has 27 heavy (non-hydrogen) atoms.